The number of ether oxygens (including phenoxy) is 2. The van der Waals surface area contributed by atoms with Gasteiger partial charge in [0.05, 0.1) is 20.2 Å². The van der Waals surface area contributed by atoms with Gasteiger partial charge in [0.1, 0.15) is 24.1 Å². The Morgan fingerprint density at radius 3 is 2.12 bits per heavy atom. The van der Waals surface area contributed by atoms with Gasteiger partial charge in [-0.1, -0.05) is 42.5 Å². The van der Waals surface area contributed by atoms with E-state index in [-0.39, 0.29) is 5.76 Å². The molecule has 0 atom stereocenters. The van der Waals surface area contributed by atoms with Gasteiger partial charge in [0.2, 0.25) is 0 Å². The highest BCUT2D eigenvalue weighted by Gasteiger charge is 1.99. The predicted octanol–water partition coefficient (Wildman–Crippen LogP) is 1.59. The molecule has 0 saturated heterocycles. The molecule has 26 heavy (non-hydrogen) atoms. The van der Waals surface area contributed by atoms with Gasteiger partial charge in [-0.05, 0) is 43.2 Å². The number of carboxylic acid groups (broad SMARTS) is 1. The highest BCUT2D eigenvalue weighted by atomic mass is 16.5. The molecule has 0 amide bonds. The molecule has 0 unspecified atom stereocenters. The molecule has 2 aromatic rings. The third-order valence-corrected chi connectivity index (χ3v) is 3.42. The maximum absolute atomic E-state index is 10.7. The second-order valence-corrected chi connectivity index (χ2v) is 5.45. The molecule has 5 nitrogen and oxygen atoms in total. The zero-order valence-electron chi connectivity index (χ0n) is 15.6. The summed E-state index contributed by atoms with van der Waals surface area (Å²) in [7, 11) is 1.29. The third kappa shape index (κ3) is 8.35. The first-order valence-corrected chi connectivity index (χ1v) is 8.66. The van der Waals surface area contributed by atoms with E-state index in [1.807, 2.05) is 30.3 Å². The van der Waals surface area contributed by atoms with Crippen molar-refractivity contribution in [3.05, 3.63) is 71.5 Å². The lowest BCUT2D eigenvalue weighted by atomic mass is 10.2. The van der Waals surface area contributed by atoms with Crippen LogP contribution in [-0.4, -0.2) is 26.2 Å². The van der Waals surface area contributed by atoms with Gasteiger partial charge >= 0.3 is 0 Å². The lowest BCUT2D eigenvalue weighted by Crippen LogP contribution is -2.82. The summed E-state index contributed by atoms with van der Waals surface area (Å²) in [5.74, 6) is -0.849. The quantitative estimate of drug-likeness (QED) is 0.575. The van der Waals surface area contributed by atoms with Crippen LogP contribution in [0.15, 0.2) is 60.4 Å². The number of hydrogen-bond donors (Lipinski definition) is 1. The molecular weight excluding hydrogens is 330 g/mol. The highest BCUT2D eigenvalue weighted by Crippen LogP contribution is 2.16. The molecule has 0 aromatic heterocycles. The van der Waals surface area contributed by atoms with Gasteiger partial charge in [0.25, 0.3) is 0 Å². The fourth-order valence-corrected chi connectivity index (χ4v) is 2.04. The van der Waals surface area contributed by atoms with E-state index >= 15 is 0 Å². The normalized spacial score (nSPS) is 10.5. The van der Waals surface area contributed by atoms with Gasteiger partial charge in [-0.25, -0.2) is 0 Å². The molecule has 0 aliphatic rings. The number of carbonyl (C=O) groups is 1. The molecule has 0 heterocycles. The summed E-state index contributed by atoms with van der Waals surface area (Å²) in [6.45, 7) is 7.23. The van der Waals surface area contributed by atoms with Crippen LogP contribution in [0.3, 0.4) is 0 Å². The van der Waals surface area contributed by atoms with Crippen molar-refractivity contribution < 1.29 is 24.7 Å². The highest BCUT2D eigenvalue weighted by molar-refractivity contribution is 5.88. The van der Waals surface area contributed by atoms with Crippen molar-refractivity contribution in [1.82, 2.24) is 0 Å². The van der Waals surface area contributed by atoms with E-state index in [9.17, 15) is 9.90 Å². The zero-order chi connectivity index (χ0) is 19.2. The summed E-state index contributed by atoms with van der Waals surface area (Å²) in [4.78, 5) is 10.7. The lowest BCUT2D eigenvalue weighted by Gasteiger charge is -2.08. The number of quaternary nitrogens is 1. The van der Waals surface area contributed by atoms with Crippen LogP contribution in [-0.2, 0) is 16.1 Å². The van der Waals surface area contributed by atoms with E-state index in [1.54, 1.807) is 24.3 Å². The van der Waals surface area contributed by atoms with Crippen molar-refractivity contribution >= 4 is 12.0 Å². The first-order valence-electron chi connectivity index (χ1n) is 8.66. The van der Waals surface area contributed by atoms with Crippen LogP contribution >= 0.6 is 0 Å². The molecule has 0 bridgehead atoms. The zero-order valence-corrected chi connectivity index (χ0v) is 15.6. The number of methoxy groups -OCH3 is 1. The molecule has 2 rings (SSSR count). The Labute approximate surface area is 155 Å². The third-order valence-electron chi connectivity index (χ3n) is 3.42. The molecular formula is C21H27NO4. The van der Waals surface area contributed by atoms with Gasteiger partial charge in [0.15, 0.2) is 0 Å². The molecule has 5 heteroatoms. The summed E-state index contributed by atoms with van der Waals surface area (Å²) in [5, 5.41) is 13.0. The molecule has 0 aliphatic carbocycles. The molecule has 0 radical (unpaired) electrons. The van der Waals surface area contributed by atoms with E-state index in [2.05, 4.69) is 19.2 Å². The van der Waals surface area contributed by atoms with Crippen molar-refractivity contribution in [2.24, 2.45) is 0 Å². The topological polar surface area (TPSA) is 75.2 Å². The summed E-state index contributed by atoms with van der Waals surface area (Å²) in [6, 6.07) is 16.9. The van der Waals surface area contributed by atoms with Crippen molar-refractivity contribution in [2.75, 3.05) is 20.2 Å². The van der Waals surface area contributed by atoms with Crippen molar-refractivity contribution in [1.29, 1.82) is 0 Å². The molecule has 2 aromatic carbocycles. The second kappa shape index (κ2) is 12.6. The molecule has 2 N–H and O–H groups in total. The second-order valence-electron chi connectivity index (χ2n) is 5.45. The number of carbonyl (C=O) groups excluding carboxylic acids is 1. The number of benzene rings is 2. The number of carboxylic acids is 1. The number of nitrogens with two attached hydrogens (primary N) is 1. The molecule has 0 fully saturated rings. The van der Waals surface area contributed by atoms with E-state index in [4.69, 9.17) is 9.47 Å². The Balaban J connectivity index is 0.000000597. The maximum atomic E-state index is 10.7. The smallest absolute Gasteiger partial charge is 0.142 e. The Hall–Kier alpha value is -2.79. The average Bonchev–Trinajstić information content (AvgIpc) is 2.67. The first kappa shape index (κ1) is 21.3. The first-order chi connectivity index (χ1) is 12.6. The van der Waals surface area contributed by atoms with Crippen molar-refractivity contribution in [2.45, 2.75) is 20.5 Å². The molecule has 0 spiro atoms. The van der Waals surface area contributed by atoms with Crippen LogP contribution in [0.2, 0.25) is 0 Å². The van der Waals surface area contributed by atoms with Crippen molar-refractivity contribution in [3.63, 3.8) is 0 Å². The number of aliphatic carboxylic acids is 1. The number of hydrogen-bond acceptors (Lipinski definition) is 4. The van der Waals surface area contributed by atoms with Gasteiger partial charge in [0, 0.05) is 0 Å². The summed E-state index contributed by atoms with van der Waals surface area (Å²) in [5.41, 5.74) is 1.78. The van der Waals surface area contributed by atoms with Crippen LogP contribution in [0.4, 0.5) is 0 Å². The summed E-state index contributed by atoms with van der Waals surface area (Å²) < 4.78 is 10.4. The molecule has 0 aliphatic heterocycles. The average molecular weight is 357 g/mol. The van der Waals surface area contributed by atoms with Crippen LogP contribution in [0.1, 0.15) is 25.0 Å². The fraction of sp³-hybridized carbons (Fsp3) is 0.286. The Morgan fingerprint density at radius 1 is 1.04 bits per heavy atom. The van der Waals surface area contributed by atoms with Crippen LogP contribution in [0, 0.1) is 0 Å². The van der Waals surface area contributed by atoms with E-state index < -0.39 is 5.97 Å². The minimum atomic E-state index is -1.35. The van der Waals surface area contributed by atoms with Gasteiger partial charge in [-0.2, -0.15) is 0 Å². The number of rotatable bonds is 8. The Kier molecular flexibility index (Phi) is 10.3. The molecule has 140 valence electrons. The van der Waals surface area contributed by atoms with E-state index in [1.165, 1.54) is 26.3 Å². The molecule has 0 saturated carbocycles. The summed E-state index contributed by atoms with van der Waals surface area (Å²) in [6.07, 6.45) is 1.40. The SMILES string of the molecule is CC[NH2+]CC.CO/C(=C\c1ccc(OCc2ccccc2)cc1)C(=O)[O-]. The maximum Gasteiger partial charge on any atom is 0.142 e. The Morgan fingerprint density at radius 2 is 1.65 bits per heavy atom. The van der Waals surface area contributed by atoms with E-state index in [0.717, 1.165) is 5.56 Å². The van der Waals surface area contributed by atoms with Crippen LogP contribution in [0.5, 0.6) is 5.75 Å². The standard InChI is InChI=1S/C17H16O4.C4H11N/c1-20-16(17(18)19)11-13-7-9-15(10-8-13)21-12-14-5-3-2-4-6-14;1-3-5-4-2/h2-11H,12H2,1H3,(H,18,19);5H,3-4H2,1-2H3/b16-11-;. The van der Waals surface area contributed by atoms with Crippen LogP contribution in [0.25, 0.3) is 6.08 Å². The predicted molar refractivity (Wildman–Crippen MR) is 100 cm³/mol. The lowest BCUT2D eigenvalue weighted by molar-refractivity contribution is -0.648. The van der Waals surface area contributed by atoms with E-state index in [0.29, 0.717) is 17.9 Å². The Bertz CT molecular complexity index is 664. The largest absolute Gasteiger partial charge is 0.542 e. The van der Waals surface area contributed by atoms with Gasteiger partial charge < -0.3 is 24.7 Å². The van der Waals surface area contributed by atoms with Gasteiger partial charge in [-0.15, -0.1) is 0 Å². The minimum Gasteiger partial charge on any atom is -0.542 e. The fourth-order valence-electron chi connectivity index (χ4n) is 2.04. The van der Waals surface area contributed by atoms with Gasteiger partial charge in [-0.3, -0.25) is 0 Å². The van der Waals surface area contributed by atoms with Crippen molar-refractivity contribution in [3.8, 4) is 5.75 Å². The summed E-state index contributed by atoms with van der Waals surface area (Å²) >= 11 is 0. The monoisotopic (exact) mass is 357 g/mol. The minimum absolute atomic E-state index is 0.215. The van der Waals surface area contributed by atoms with Crippen LogP contribution < -0.4 is 15.2 Å².